The van der Waals surface area contributed by atoms with Gasteiger partial charge in [-0.3, -0.25) is 14.4 Å². The summed E-state index contributed by atoms with van der Waals surface area (Å²) >= 11 is 0. The fourth-order valence-corrected chi connectivity index (χ4v) is 3.71. The van der Waals surface area contributed by atoms with Crippen LogP contribution in [0.25, 0.3) is 17.0 Å². The maximum atomic E-state index is 13.1. The van der Waals surface area contributed by atoms with Gasteiger partial charge >= 0.3 is 0 Å². The molecule has 0 unspecified atom stereocenters. The number of aliphatic hydroxyl groups is 1. The molecule has 2 aromatic rings. The lowest BCUT2D eigenvalue weighted by molar-refractivity contribution is -0.125. The molecule has 1 saturated carbocycles. The first kappa shape index (κ1) is 23.2. The predicted octanol–water partition coefficient (Wildman–Crippen LogP) is 1.93. The van der Waals surface area contributed by atoms with Crippen molar-refractivity contribution in [1.82, 2.24) is 20.0 Å². The highest BCUT2D eigenvalue weighted by Gasteiger charge is 2.32. The van der Waals surface area contributed by atoms with Crippen molar-refractivity contribution in [3.63, 3.8) is 0 Å². The highest BCUT2D eigenvalue weighted by Crippen LogP contribution is 2.34. The molecule has 34 heavy (non-hydrogen) atoms. The summed E-state index contributed by atoms with van der Waals surface area (Å²) in [5.41, 5.74) is 1.54. The second-order valence-corrected chi connectivity index (χ2v) is 9.28. The molecule has 3 amide bonds. The molecule has 0 spiro atoms. The minimum atomic E-state index is -1.15. The van der Waals surface area contributed by atoms with E-state index in [9.17, 15) is 24.8 Å². The lowest BCUT2D eigenvalue weighted by atomic mass is 10.1. The van der Waals surface area contributed by atoms with Gasteiger partial charge in [0.2, 0.25) is 11.8 Å². The SMILES string of the molecule is C=C1CN(CNC(=O)CC(C)(C)O)C(=O)c2cc(-c3ccc(C#N)cc3NC(=O)C3CC3)nn21. The van der Waals surface area contributed by atoms with Gasteiger partial charge in [-0.2, -0.15) is 10.4 Å². The molecular weight excluding hydrogens is 436 g/mol. The number of rotatable bonds is 7. The van der Waals surface area contributed by atoms with E-state index < -0.39 is 5.60 Å². The van der Waals surface area contributed by atoms with E-state index in [-0.39, 0.29) is 49.0 Å². The number of hydrogen-bond acceptors (Lipinski definition) is 6. The van der Waals surface area contributed by atoms with Crippen LogP contribution in [0.1, 0.15) is 49.2 Å². The van der Waals surface area contributed by atoms with Crippen molar-refractivity contribution in [3.8, 4) is 17.3 Å². The normalized spacial score (nSPS) is 15.5. The van der Waals surface area contributed by atoms with Crippen LogP contribution in [-0.2, 0) is 9.59 Å². The van der Waals surface area contributed by atoms with Crippen LogP contribution in [0.2, 0.25) is 0 Å². The Hall–Kier alpha value is -3.97. The number of benzene rings is 1. The Bertz CT molecular complexity index is 1230. The number of anilines is 1. The first-order valence-electron chi connectivity index (χ1n) is 11.0. The summed E-state index contributed by atoms with van der Waals surface area (Å²) in [6.07, 6.45) is 1.59. The number of carbonyl (C=O) groups is 3. The molecule has 0 atom stereocenters. The van der Waals surface area contributed by atoms with Crippen molar-refractivity contribution < 1.29 is 19.5 Å². The number of carbonyl (C=O) groups excluding carboxylic acids is 3. The van der Waals surface area contributed by atoms with Gasteiger partial charge in [0.25, 0.3) is 5.91 Å². The molecule has 10 heteroatoms. The zero-order valence-electron chi connectivity index (χ0n) is 19.1. The van der Waals surface area contributed by atoms with E-state index in [1.54, 1.807) is 24.3 Å². The maximum absolute atomic E-state index is 13.1. The van der Waals surface area contributed by atoms with Gasteiger partial charge in [0, 0.05) is 11.5 Å². The van der Waals surface area contributed by atoms with Gasteiger partial charge in [-0.05, 0) is 51.0 Å². The van der Waals surface area contributed by atoms with E-state index in [1.165, 1.54) is 23.4 Å². The van der Waals surface area contributed by atoms with Gasteiger partial charge in [0.15, 0.2) is 0 Å². The highest BCUT2D eigenvalue weighted by atomic mass is 16.3. The van der Waals surface area contributed by atoms with E-state index in [0.717, 1.165) is 12.8 Å². The molecule has 2 aliphatic rings. The summed E-state index contributed by atoms with van der Waals surface area (Å²) in [7, 11) is 0. The van der Waals surface area contributed by atoms with E-state index in [2.05, 4.69) is 28.4 Å². The summed E-state index contributed by atoms with van der Waals surface area (Å²) in [5.74, 6) is -0.838. The van der Waals surface area contributed by atoms with Crippen molar-refractivity contribution in [1.29, 1.82) is 5.26 Å². The van der Waals surface area contributed by atoms with Crippen LogP contribution < -0.4 is 10.6 Å². The van der Waals surface area contributed by atoms with E-state index >= 15 is 0 Å². The van der Waals surface area contributed by atoms with Gasteiger partial charge in [-0.15, -0.1) is 0 Å². The third-order valence-electron chi connectivity index (χ3n) is 5.58. The van der Waals surface area contributed by atoms with Crippen LogP contribution in [0.5, 0.6) is 0 Å². The molecule has 10 nitrogen and oxygen atoms in total. The largest absolute Gasteiger partial charge is 0.390 e. The average Bonchev–Trinajstić information content (AvgIpc) is 3.52. The first-order valence-corrected chi connectivity index (χ1v) is 11.0. The van der Waals surface area contributed by atoms with E-state index in [4.69, 9.17) is 0 Å². The lowest BCUT2D eigenvalue weighted by Crippen LogP contribution is -2.46. The number of nitrogens with zero attached hydrogens (tertiary/aromatic N) is 4. The molecule has 1 aliphatic heterocycles. The number of amides is 3. The van der Waals surface area contributed by atoms with E-state index in [1.807, 2.05) is 0 Å². The quantitative estimate of drug-likeness (QED) is 0.574. The zero-order valence-corrected chi connectivity index (χ0v) is 19.1. The number of aromatic nitrogens is 2. The Balaban J connectivity index is 1.58. The van der Waals surface area contributed by atoms with Crippen molar-refractivity contribution in [3.05, 3.63) is 42.1 Å². The molecule has 0 saturated heterocycles. The van der Waals surface area contributed by atoms with Gasteiger partial charge in [0.05, 0.1) is 53.9 Å². The Morgan fingerprint density at radius 2 is 2.06 bits per heavy atom. The number of nitriles is 1. The second-order valence-electron chi connectivity index (χ2n) is 9.28. The molecule has 1 aromatic carbocycles. The third kappa shape index (κ3) is 5.00. The number of hydrogen-bond donors (Lipinski definition) is 3. The third-order valence-corrected chi connectivity index (χ3v) is 5.58. The van der Waals surface area contributed by atoms with Gasteiger partial charge in [0.1, 0.15) is 5.69 Å². The number of fused-ring (bicyclic) bond motifs is 1. The van der Waals surface area contributed by atoms with Crippen LogP contribution in [0.15, 0.2) is 30.8 Å². The minimum Gasteiger partial charge on any atom is -0.390 e. The summed E-state index contributed by atoms with van der Waals surface area (Å²) < 4.78 is 1.46. The van der Waals surface area contributed by atoms with E-state index in [0.29, 0.717) is 28.2 Å². The molecule has 4 rings (SSSR count). The number of nitrogens with one attached hydrogen (secondary N) is 2. The van der Waals surface area contributed by atoms with Gasteiger partial charge in [-0.25, -0.2) is 4.68 Å². The van der Waals surface area contributed by atoms with Crippen LogP contribution >= 0.6 is 0 Å². The van der Waals surface area contributed by atoms with Crippen LogP contribution in [0, 0.1) is 17.2 Å². The Labute approximate surface area is 196 Å². The van der Waals surface area contributed by atoms with Crippen LogP contribution in [0.3, 0.4) is 0 Å². The first-order chi connectivity index (χ1) is 16.1. The lowest BCUT2D eigenvalue weighted by Gasteiger charge is -2.29. The van der Waals surface area contributed by atoms with Crippen LogP contribution in [0.4, 0.5) is 5.69 Å². The van der Waals surface area contributed by atoms with Crippen molar-refractivity contribution in [2.75, 3.05) is 18.5 Å². The summed E-state index contributed by atoms with van der Waals surface area (Å²) in [6.45, 7) is 7.20. The zero-order chi connectivity index (χ0) is 24.6. The summed E-state index contributed by atoms with van der Waals surface area (Å²) in [5, 5.41) is 29.1. The Morgan fingerprint density at radius 3 is 2.71 bits per heavy atom. The smallest absolute Gasteiger partial charge is 0.274 e. The van der Waals surface area contributed by atoms with Crippen molar-refractivity contribution >= 4 is 29.1 Å². The maximum Gasteiger partial charge on any atom is 0.274 e. The predicted molar refractivity (Wildman–Crippen MR) is 124 cm³/mol. The standard InChI is InChI=1S/C24H26N6O4/c1-14-12-29(13-26-21(31)10-24(2,3)34)23(33)20-9-19(28-30(14)20)17-7-4-15(11-25)8-18(17)27-22(32)16-5-6-16/h4,7-9,16,34H,1,5-6,10,12-13H2,2-3H3,(H,26,31)(H,27,32). The molecule has 1 aromatic heterocycles. The average molecular weight is 463 g/mol. The Kier molecular flexibility index (Phi) is 5.98. The van der Waals surface area contributed by atoms with Crippen LogP contribution in [-0.4, -0.2) is 56.3 Å². The highest BCUT2D eigenvalue weighted by molar-refractivity contribution is 6.00. The van der Waals surface area contributed by atoms with Crippen molar-refractivity contribution in [2.24, 2.45) is 5.92 Å². The topological polar surface area (TPSA) is 140 Å². The van der Waals surface area contributed by atoms with Crippen molar-refractivity contribution in [2.45, 2.75) is 38.7 Å². The fourth-order valence-electron chi connectivity index (χ4n) is 3.71. The Morgan fingerprint density at radius 1 is 1.32 bits per heavy atom. The second kappa shape index (κ2) is 8.76. The fraction of sp³-hybridized carbons (Fsp3) is 0.375. The summed E-state index contributed by atoms with van der Waals surface area (Å²) in [4.78, 5) is 38.9. The molecule has 3 N–H and O–H groups in total. The molecule has 1 fully saturated rings. The molecule has 0 radical (unpaired) electrons. The minimum absolute atomic E-state index is 0.0182. The molecule has 176 valence electrons. The summed E-state index contributed by atoms with van der Waals surface area (Å²) in [6, 6.07) is 8.58. The molecule has 0 bridgehead atoms. The van der Waals surface area contributed by atoms with Gasteiger partial charge in [-0.1, -0.05) is 6.58 Å². The van der Waals surface area contributed by atoms with Gasteiger partial charge < -0.3 is 20.6 Å². The molecule has 2 heterocycles. The monoisotopic (exact) mass is 462 g/mol. The molecular formula is C24H26N6O4. The molecule has 1 aliphatic carbocycles.